The van der Waals surface area contributed by atoms with Gasteiger partial charge in [0.05, 0.1) is 19.0 Å². The molecule has 25 heavy (non-hydrogen) atoms. The number of anilines is 1. The van der Waals surface area contributed by atoms with Crippen LogP contribution in [0, 0.1) is 0 Å². The third kappa shape index (κ3) is 3.07. The van der Waals surface area contributed by atoms with Crippen LogP contribution in [0.15, 0.2) is 43.0 Å². The lowest BCUT2D eigenvalue weighted by molar-refractivity contribution is -0.0432. The van der Waals surface area contributed by atoms with Gasteiger partial charge < -0.3 is 20.3 Å². The van der Waals surface area contributed by atoms with E-state index >= 15 is 0 Å². The highest BCUT2D eigenvalue weighted by molar-refractivity contribution is 5.82. The fourth-order valence-corrected chi connectivity index (χ4v) is 3.02. The molecule has 3 N–H and O–H groups in total. The van der Waals surface area contributed by atoms with E-state index in [-0.39, 0.29) is 6.61 Å². The van der Waals surface area contributed by atoms with Crippen LogP contribution in [0.4, 0.5) is 5.82 Å². The second-order valence-electron chi connectivity index (χ2n) is 6.00. The zero-order valence-electron chi connectivity index (χ0n) is 13.5. The van der Waals surface area contributed by atoms with Gasteiger partial charge in [0.25, 0.3) is 0 Å². The number of hydrogen-bond donors (Lipinski definition) is 3. The molecule has 2 unspecified atom stereocenters. The molecule has 1 aliphatic heterocycles. The topological polar surface area (TPSA) is 105 Å². The number of imidazole rings is 1. The summed E-state index contributed by atoms with van der Waals surface area (Å²) in [5.74, 6) is 0.643. The first-order valence-corrected chi connectivity index (χ1v) is 8.16. The van der Waals surface area contributed by atoms with E-state index in [9.17, 15) is 10.2 Å². The fourth-order valence-electron chi connectivity index (χ4n) is 3.02. The first-order chi connectivity index (χ1) is 12.3. The molecule has 0 amide bonds. The van der Waals surface area contributed by atoms with Gasteiger partial charge in [0.1, 0.15) is 18.7 Å². The van der Waals surface area contributed by atoms with Crippen molar-refractivity contribution in [2.24, 2.45) is 0 Å². The van der Waals surface area contributed by atoms with E-state index in [1.807, 2.05) is 30.3 Å². The number of aromatic nitrogens is 4. The molecule has 3 atom stereocenters. The number of aliphatic hydroxyl groups excluding tert-OH is 2. The largest absolute Gasteiger partial charge is 0.394 e. The van der Waals surface area contributed by atoms with Crippen molar-refractivity contribution in [3.63, 3.8) is 0 Å². The molecule has 0 bridgehead atoms. The average molecular weight is 341 g/mol. The molecule has 1 fully saturated rings. The Hall–Kier alpha value is -2.55. The van der Waals surface area contributed by atoms with Crippen molar-refractivity contribution in [3.8, 4) is 0 Å². The second-order valence-corrected chi connectivity index (χ2v) is 6.00. The van der Waals surface area contributed by atoms with Gasteiger partial charge in [-0.3, -0.25) is 4.57 Å². The van der Waals surface area contributed by atoms with E-state index in [1.165, 1.54) is 6.33 Å². The Bertz CT molecular complexity index is 854. The molecular formula is C17H19N5O3. The number of ether oxygens (including phenoxy) is 1. The molecule has 3 aromatic rings. The second kappa shape index (κ2) is 6.75. The van der Waals surface area contributed by atoms with E-state index < -0.39 is 18.4 Å². The maximum absolute atomic E-state index is 9.93. The van der Waals surface area contributed by atoms with Crippen LogP contribution < -0.4 is 5.32 Å². The van der Waals surface area contributed by atoms with Crippen LogP contribution in [0.2, 0.25) is 0 Å². The van der Waals surface area contributed by atoms with Gasteiger partial charge in [0, 0.05) is 13.0 Å². The normalized spacial score (nSPS) is 23.2. The molecule has 1 aromatic carbocycles. The van der Waals surface area contributed by atoms with Crippen molar-refractivity contribution in [2.75, 3.05) is 11.9 Å². The van der Waals surface area contributed by atoms with Crippen LogP contribution >= 0.6 is 0 Å². The van der Waals surface area contributed by atoms with Crippen molar-refractivity contribution < 1.29 is 14.9 Å². The molecule has 3 heterocycles. The highest BCUT2D eigenvalue weighted by atomic mass is 16.5. The number of benzene rings is 1. The zero-order chi connectivity index (χ0) is 17.2. The van der Waals surface area contributed by atoms with Crippen molar-refractivity contribution >= 4 is 17.0 Å². The summed E-state index contributed by atoms with van der Waals surface area (Å²) >= 11 is 0. The molecule has 4 rings (SSSR count). The van der Waals surface area contributed by atoms with Crippen LogP contribution in [0.25, 0.3) is 11.2 Å². The van der Waals surface area contributed by atoms with Gasteiger partial charge in [-0.1, -0.05) is 30.3 Å². The fraction of sp³-hybridized carbons (Fsp3) is 0.353. The van der Waals surface area contributed by atoms with Crippen LogP contribution in [0.3, 0.4) is 0 Å². The highest BCUT2D eigenvalue weighted by Crippen LogP contribution is 2.31. The summed E-state index contributed by atoms with van der Waals surface area (Å²) in [5.41, 5.74) is 2.41. The minimum absolute atomic E-state index is 0.219. The minimum Gasteiger partial charge on any atom is -0.394 e. The maximum atomic E-state index is 9.93. The SMILES string of the molecule is OCC1OC(n2cnc3c(NCc4ccccc4)ncnc32)C[C@@H]1O. The predicted octanol–water partition coefficient (Wildman–Crippen LogP) is 1.08. The van der Waals surface area contributed by atoms with E-state index in [0.717, 1.165) is 5.56 Å². The summed E-state index contributed by atoms with van der Waals surface area (Å²) in [6.45, 7) is 0.411. The van der Waals surface area contributed by atoms with E-state index in [0.29, 0.717) is 29.9 Å². The Labute approximate surface area is 144 Å². The average Bonchev–Trinajstić information content (AvgIpc) is 3.24. The lowest BCUT2D eigenvalue weighted by Gasteiger charge is -2.13. The summed E-state index contributed by atoms with van der Waals surface area (Å²) in [5, 5.41) is 22.5. The summed E-state index contributed by atoms with van der Waals surface area (Å²) in [6, 6.07) is 10.0. The predicted molar refractivity (Wildman–Crippen MR) is 90.7 cm³/mol. The van der Waals surface area contributed by atoms with Crippen LogP contribution in [-0.2, 0) is 11.3 Å². The quantitative estimate of drug-likeness (QED) is 0.638. The lowest BCUT2D eigenvalue weighted by Crippen LogP contribution is -2.24. The van der Waals surface area contributed by atoms with Gasteiger partial charge in [0.15, 0.2) is 17.0 Å². The maximum Gasteiger partial charge on any atom is 0.167 e. The molecule has 1 aliphatic rings. The van der Waals surface area contributed by atoms with Gasteiger partial charge in [-0.2, -0.15) is 0 Å². The highest BCUT2D eigenvalue weighted by Gasteiger charge is 2.35. The Kier molecular flexibility index (Phi) is 4.31. The molecule has 2 aromatic heterocycles. The monoisotopic (exact) mass is 341 g/mol. The third-order valence-corrected chi connectivity index (χ3v) is 4.36. The number of hydrogen-bond acceptors (Lipinski definition) is 7. The Morgan fingerprint density at radius 3 is 2.80 bits per heavy atom. The van der Waals surface area contributed by atoms with Crippen molar-refractivity contribution in [1.29, 1.82) is 0 Å². The molecule has 8 heteroatoms. The zero-order valence-corrected chi connectivity index (χ0v) is 13.5. The van der Waals surface area contributed by atoms with Crippen molar-refractivity contribution in [3.05, 3.63) is 48.5 Å². The van der Waals surface area contributed by atoms with Gasteiger partial charge in [0.2, 0.25) is 0 Å². The Balaban J connectivity index is 1.58. The Morgan fingerprint density at radius 1 is 1.20 bits per heavy atom. The van der Waals surface area contributed by atoms with Crippen molar-refractivity contribution in [1.82, 2.24) is 19.5 Å². The number of rotatable bonds is 5. The van der Waals surface area contributed by atoms with E-state index in [2.05, 4.69) is 20.3 Å². The summed E-state index contributed by atoms with van der Waals surface area (Å²) in [4.78, 5) is 13.0. The molecule has 0 aliphatic carbocycles. The van der Waals surface area contributed by atoms with Gasteiger partial charge >= 0.3 is 0 Å². The van der Waals surface area contributed by atoms with Gasteiger partial charge in [-0.25, -0.2) is 15.0 Å². The molecule has 0 saturated carbocycles. The summed E-state index contributed by atoms with van der Waals surface area (Å²) in [6.07, 6.45) is 1.79. The molecule has 1 saturated heterocycles. The molecular weight excluding hydrogens is 322 g/mol. The summed E-state index contributed by atoms with van der Waals surface area (Å²) in [7, 11) is 0. The Morgan fingerprint density at radius 2 is 2.04 bits per heavy atom. The van der Waals surface area contributed by atoms with Gasteiger partial charge in [-0.15, -0.1) is 0 Å². The van der Waals surface area contributed by atoms with E-state index in [1.54, 1.807) is 10.9 Å². The third-order valence-electron chi connectivity index (χ3n) is 4.36. The minimum atomic E-state index is -0.704. The van der Waals surface area contributed by atoms with Crippen LogP contribution in [0.5, 0.6) is 0 Å². The first kappa shape index (κ1) is 15.9. The number of fused-ring (bicyclic) bond motifs is 1. The van der Waals surface area contributed by atoms with Gasteiger partial charge in [-0.05, 0) is 5.56 Å². The van der Waals surface area contributed by atoms with Crippen molar-refractivity contribution in [2.45, 2.75) is 31.4 Å². The lowest BCUT2D eigenvalue weighted by atomic mass is 10.2. The molecule has 0 spiro atoms. The molecule has 130 valence electrons. The smallest absolute Gasteiger partial charge is 0.167 e. The summed E-state index contributed by atoms with van der Waals surface area (Å²) < 4.78 is 7.45. The number of nitrogens with zero attached hydrogens (tertiary/aromatic N) is 4. The molecule has 0 radical (unpaired) electrons. The van der Waals surface area contributed by atoms with Crippen LogP contribution in [0.1, 0.15) is 18.2 Å². The van der Waals surface area contributed by atoms with E-state index in [4.69, 9.17) is 4.74 Å². The number of nitrogens with one attached hydrogen (secondary N) is 1. The van der Waals surface area contributed by atoms with Crippen LogP contribution in [-0.4, -0.2) is 48.5 Å². The number of aliphatic hydroxyl groups is 2. The first-order valence-electron chi connectivity index (χ1n) is 8.16. The molecule has 8 nitrogen and oxygen atoms in total. The standard InChI is InChI=1S/C17H19N5O3/c23-8-13-12(24)6-14(25-13)22-10-21-15-16(19-9-20-17(15)22)18-7-11-4-2-1-3-5-11/h1-5,9-10,12-14,23-24H,6-8H2,(H,18,19,20)/t12-,13?,14?/m0/s1.